The molecule has 0 saturated heterocycles. The molecular weight excluding hydrogens is 328 g/mol. The highest BCUT2D eigenvalue weighted by Gasteiger charge is 2.12. The molecule has 0 atom stereocenters. The molecule has 144 valence electrons. The van der Waals surface area contributed by atoms with E-state index in [-0.39, 0.29) is 12.5 Å². The van der Waals surface area contributed by atoms with Gasteiger partial charge < -0.3 is 20.7 Å². The highest BCUT2D eigenvalue weighted by atomic mass is 16.5. The van der Waals surface area contributed by atoms with Crippen molar-refractivity contribution in [2.45, 2.75) is 51.6 Å². The minimum Gasteiger partial charge on any atom is -0.376 e. The number of nitrogens with zero attached hydrogens (tertiary/aromatic N) is 1. The van der Waals surface area contributed by atoms with Crippen LogP contribution in [0.4, 0.5) is 5.69 Å². The molecule has 2 rings (SSSR count). The van der Waals surface area contributed by atoms with Gasteiger partial charge >= 0.3 is 0 Å². The maximum Gasteiger partial charge on any atom is 0.246 e. The van der Waals surface area contributed by atoms with Crippen LogP contribution < -0.4 is 16.0 Å². The zero-order valence-corrected chi connectivity index (χ0v) is 15.8. The van der Waals surface area contributed by atoms with Gasteiger partial charge in [0.25, 0.3) is 0 Å². The number of anilines is 1. The van der Waals surface area contributed by atoms with Crippen molar-refractivity contribution < 1.29 is 9.53 Å². The maximum absolute atomic E-state index is 12.0. The predicted octanol–water partition coefficient (Wildman–Crippen LogP) is 2.92. The lowest BCUT2D eigenvalue weighted by Crippen LogP contribution is -2.40. The van der Waals surface area contributed by atoms with Crippen LogP contribution in [0.3, 0.4) is 0 Å². The number of carbonyl (C=O) groups excluding carboxylic acids is 1. The molecule has 1 aliphatic carbocycles. The summed E-state index contributed by atoms with van der Waals surface area (Å²) in [7, 11) is 0. The van der Waals surface area contributed by atoms with Gasteiger partial charge in [-0.05, 0) is 31.9 Å². The van der Waals surface area contributed by atoms with Gasteiger partial charge in [-0.3, -0.25) is 4.79 Å². The van der Waals surface area contributed by atoms with Crippen molar-refractivity contribution in [2.75, 3.05) is 31.6 Å². The Labute approximate surface area is 156 Å². The molecule has 26 heavy (non-hydrogen) atoms. The molecule has 6 nitrogen and oxygen atoms in total. The lowest BCUT2D eigenvalue weighted by molar-refractivity contribution is -0.114. The Balaban J connectivity index is 1.69. The Morgan fingerprint density at radius 2 is 1.85 bits per heavy atom. The predicted molar refractivity (Wildman–Crippen MR) is 106 cm³/mol. The molecule has 0 heterocycles. The van der Waals surface area contributed by atoms with Crippen LogP contribution in [-0.4, -0.2) is 44.2 Å². The number of benzene rings is 1. The van der Waals surface area contributed by atoms with Gasteiger partial charge in [0.05, 0.1) is 12.7 Å². The normalized spacial score (nSPS) is 16.0. The van der Waals surface area contributed by atoms with Crippen molar-refractivity contribution in [3.8, 4) is 0 Å². The van der Waals surface area contributed by atoms with E-state index < -0.39 is 0 Å². The van der Waals surface area contributed by atoms with Crippen molar-refractivity contribution in [1.29, 1.82) is 0 Å². The average Bonchev–Trinajstić information content (AvgIpc) is 2.93. The molecule has 0 radical (unpaired) electrons. The first-order valence-corrected chi connectivity index (χ1v) is 9.76. The van der Waals surface area contributed by atoms with Crippen LogP contribution in [0.5, 0.6) is 0 Å². The van der Waals surface area contributed by atoms with Gasteiger partial charge in [0, 0.05) is 18.8 Å². The Hall–Kier alpha value is -2.08. The van der Waals surface area contributed by atoms with Gasteiger partial charge in [-0.15, -0.1) is 0 Å². The molecule has 1 fully saturated rings. The summed E-state index contributed by atoms with van der Waals surface area (Å²) in [6.45, 7) is 4.17. The summed E-state index contributed by atoms with van der Waals surface area (Å²) in [5.41, 5.74) is 0.780. The Kier molecular flexibility index (Phi) is 9.57. The number of hydrogen-bond acceptors (Lipinski definition) is 3. The first-order chi connectivity index (χ1) is 12.8. The third kappa shape index (κ3) is 8.34. The number of nitrogens with one attached hydrogen (secondary N) is 3. The van der Waals surface area contributed by atoms with Gasteiger partial charge in [0.2, 0.25) is 5.91 Å². The van der Waals surface area contributed by atoms with Gasteiger partial charge in [0.1, 0.15) is 6.54 Å². The van der Waals surface area contributed by atoms with E-state index in [4.69, 9.17) is 4.74 Å². The summed E-state index contributed by atoms with van der Waals surface area (Å²) in [5.74, 6) is 0.503. The van der Waals surface area contributed by atoms with Gasteiger partial charge in [-0.1, -0.05) is 43.9 Å². The topological polar surface area (TPSA) is 74.8 Å². The second-order valence-corrected chi connectivity index (χ2v) is 6.52. The standard InChI is InChI=1S/C20H32N4O2/c1-2-21-20(22-14-15-26-18-12-8-3-4-9-13-18)23-16-19(25)24-17-10-6-5-7-11-17/h5-7,10-11,18H,2-4,8-9,12-16H2,1H3,(H,24,25)(H2,21,22,23). The van der Waals surface area contributed by atoms with E-state index in [1.807, 2.05) is 37.3 Å². The molecule has 3 N–H and O–H groups in total. The van der Waals surface area contributed by atoms with Crippen molar-refractivity contribution in [3.63, 3.8) is 0 Å². The number of carbonyl (C=O) groups is 1. The van der Waals surface area contributed by atoms with Gasteiger partial charge in [-0.2, -0.15) is 0 Å². The third-order valence-electron chi connectivity index (χ3n) is 4.33. The molecule has 1 aromatic carbocycles. The number of ether oxygens (including phenoxy) is 1. The fraction of sp³-hybridized carbons (Fsp3) is 0.600. The first kappa shape index (κ1) is 20.2. The molecule has 0 unspecified atom stereocenters. The minimum atomic E-state index is -0.136. The minimum absolute atomic E-state index is 0.0771. The summed E-state index contributed by atoms with van der Waals surface area (Å²) < 4.78 is 5.97. The van der Waals surface area contributed by atoms with Crippen LogP contribution in [0.1, 0.15) is 45.4 Å². The number of hydrogen-bond donors (Lipinski definition) is 3. The molecule has 1 aliphatic rings. The van der Waals surface area contributed by atoms with Gasteiger partial charge in [-0.25, -0.2) is 4.99 Å². The summed E-state index contributed by atoms with van der Waals surface area (Å²) in [6.07, 6.45) is 7.97. The zero-order chi connectivity index (χ0) is 18.5. The molecule has 1 saturated carbocycles. The third-order valence-corrected chi connectivity index (χ3v) is 4.33. The van der Waals surface area contributed by atoms with Crippen LogP contribution >= 0.6 is 0 Å². The van der Waals surface area contributed by atoms with Crippen LogP contribution in [0, 0.1) is 0 Å². The largest absolute Gasteiger partial charge is 0.376 e. The Morgan fingerprint density at radius 1 is 1.12 bits per heavy atom. The lowest BCUT2D eigenvalue weighted by Gasteiger charge is -2.16. The lowest BCUT2D eigenvalue weighted by atomic mass is 10.1. The van der Waals surface area contributed by atoms with Crippen molar-refractivity contribution in [2.24, 2.45) is 4.99 Å². The van der Waals surface area contributed by atoms with Crippen LogP contribution in [-0.2, 0) is 9.53 Å². The smallest absolute Gasteiger partial charge is 0.246 e. The molecule has 0 bridgehead atoms. The van der Waals surface area contributed by atoms with Crippen molar-refractivity contribution in [3.05, 3.63) is 30.3 Å². The van der Waals surface area contributed by atoms with E-state index in [2.05, 4.69) is 20.9 Å². The molecule has 6 heteroatoms. The monoisotopic (exact) mass is 360 g/mol. The first-order valence-electron chi connectivity index (χ1n) is 9.76. The number of para-hydroxylation sites is 1. The van der Waals surface area contributed by atoms with E-state index in [1.165, 1.54) is 38.5 Å². The fourth-order valence-corrected chi connectivity index (χ4v) is 3.02. The average molecular weight is 361 g/mol. The second kappa shape index (κ2) is 12.3. The zero-order valence-electron chi connectivity index (χ0n) is 15.8. The molecule has 1 aromatic rings. The van der Waals surface area contributed by atoms with E-state index >= 15 is 0 Å². The highest BCUT2D eigenvalue weighted by Crippen LogP contribution is 2.19. The van der Waals surface area contributed by atoms with Crippen LogP contribution in [0.2, 0.25) is 0 Å². The summed E-state index contributed by atoms with van der Waals surface area (Å²) in [5, 5.41) is 9.21. The van der Waals surface area contributed by atoms with Crippen LogP contribution in [0.15, 0.2) is 35.3 Å². The Bertz CT molecular complexity index is 540. The quantitative estimate of drug-likeness (QED) is 0.288. The summed E-state index contributed by atoms with van der Waals surface area (Å²) in [6, 6.07) is 9.40. The van der Waals surface area contributed by atoms with Crippen LogP contribution in [0.25, 0.3) is 0 Å². The highest BCUT2D eigenvalue weighted by molar-refractivity contribution is 5.94. The second-order valence-electron chi connectivity index (χ2n) is 6.52. The summed E-state index contributed by atoms with van der Waals surface area (Å²) in [4.78, 5) is 16.3. The van der Waals surface area contributed by atoms with Crippen molar-refractivity contribution in [1.82, 2.24) is 10.6 Å². The van der Waals surface area contributed by atoms with E-state index in [0.717, 1.165) is 12.2 Å². The van der Waals surface area contributed by atoms with E-state index in [1.54, 1.807) is 0 Å². The maximum atomic E-state index is 12.0. The van der Waals surface area contributed by atoms with Gasteiger partial charge in [0.15, 0.2) is 5.96 Å². The number of rotatable bonds is 8. The SMILES string of the molecule is CCNC(=NCC(=O)Nc1ccccc1)NCCOC1CCCCCC1. The fourth-order valence-electron chi connectivity index (χ4n) is 3.02. The van der Waals surface area contributed by atoms with E-state index in [0.29, 0.717) is 25.2 Å². The number of aliphatic imine (C=N–C) groups is 1. The molecule has 1 amide bonds. The molecule has 0 aliphatic heterocycles. The molecular formula is C20H32N4O2. The number of amides is 1. The summed E-state index contributed by atoms with van der Waals surface area (Å²) >= 11 is 0. The number of guanidine groups is 1. The molecule has 0 spiro atoms. The van der Waals surface area contributed by atoms with Crippen molar-refractivity contribution >= 4 is 17.6 Å². The molecule has 0 aromatic heterocycles. The van der Waals surface area contributed by atoms with E-state index in [9.17, 15) is 4.79 Å². The Morgan fingerprint density at radius 3 is 2.54 bits per heavy atom.